The summed E-state index contributed by atoms with van der Waals surface area (Å²) in [4.78, 5) is 2.62. The van der Waals surface area contributed by atoms with Gasteiger partial charge < -0.3 is 14.8 Å². The zero-order valence-electron chi connectivity index (χ0n) is 13.9. The minimum absolute atomic E-state index is 0.284. The second kappa shape index (κ2) is 9.72. The fraction of sp³-hybridized carbons (Fsp3) is 1.00. The standard InChI is InChI=1S/C16H34N2O2/c1-5-15(6-2)18(9-11-19-4)13-16(12-17-7-3)8-10-20-14-16/h15,17H,5-14H2,1-4H3. The number of rotatable bonds is 11. The molecule has 0 spiro atoms. The van der Waals surface area contributed by atoms with E-state index in [1.165, 1.54) is 19.3 Å². The van der Waals surface area contributed by atoms with Crippen LogP contribution in [0.25, 0.3) is 0 Å². The van der Waals surface area contributed by atoms with Crippen molar-refractivity contribution in [3.8, 4) is 0 Å². The van der Waals surface area contributed by atoms with Crippen molar-refractivity contribution in [1.29, 1.82) is 0 Å². The van der Waals surface area contributed by atoms with Crippen LogP contribution in [-0.2, 0) is 9.47 Å². The van der Waals surface area contributed by atoms with Gasteiger partial charge in [-0.1, -0.05) is 20.8 Å². The summed E-state index contributed by atoms with van der Waals surface area (Å²) in [5.74, 6) is 0. The molecule has 4 heteroatoms. The maximum Gasteiger partial charge on any atom is 0.0589 e. The third kappa shape index (κ3) is 5.32. The van der Waals surface area contributed by atoms with Crippen molar-refractivity contribution < 1.29 is 9.47 Å². The molecule has 1 atom stereocenters. The first-order valence-corrected chi connectivity index (χ1v) is 8.22. The van der Waals surface area contributed by atoms with Gasteiger partial charge in [-0.25, -0.2) is 0 Å². The van der Waals surface area contributed by atoms with Gasteiger partial charge in [-0.05, 0) is 25.8 Å². The van der Waals surface area contributed by atoms with Crippen molar-refractivity contribution in [3.05, 3.63) is 0 Å². The first-order chi connectivity index (χ1) is 9.71. The smallest absolute Gasteiger partial charge is 0.0589 e. The fourth-order valence-electron chi connectivity index (χ4n) is 3.19. The summed E-state index contributed by atoms with van der Waals surface area (Å²) in [7, 11) is 1.79. The molecule has 4 nitrogen and oxygen atoms in total. The van der Waals surface area contributed by atoms with Gasteiger partial charge in [-0.2, -0.15) is 0 Å². The van der Waals surface area contributed by atoms with Gasteiger partial charge in [0.15, 0.2) is 0 Å². The van der Waals surface area contributed by atoms with Crippen LogP contribution in [0.5, 0.6) is 0 Å². The van der Waals surface area contributed by atoms with E-state index in [1.807, 2.05) is 0 Å². The third-order valence-corrected chi connectivity index (χ3v) is 4.51. The first-order valence-electron chi connectivity index (χ1n) is 8.22. The van der Waals surface area contributed by atoms with E-state index in [0.29, 0.717) is 6.04 Å². The van der Waals surface area contributed by atoms with Crippen molar-refractivity contribution in [2.24, 2.45) is 5.41 Å². The molecule has 20 heavy (non-hydrogen) atoms. The highest BCUT2D eigenvalue weighted by molar-refractivity contribution is 4.90. The molecule has 1 N–H and O–H groups in total. The van der Waals surface area contributed by atoms with Crippen molar-refractivity contribution in [1.82, 2.24) is 10.2 Å². The minimum atomic E-state index is 0.284. The maximum absolute atomic E-state index is 5.71. The highest BCUT2D eigenvalue weighted by Crippen LogP contribution is 2.30. The molecule has 1 aliphatic heterocycles. The zero-order chi connectivity index (χ0) is 14.8. The number of nitrogens with zero attached hydrogens (tertiary/aromatic N) is 1. The lowest BCUT2D eigenvalue weighted by molar-refractivity contribution is 0.0597. The monoisotopic (exact) mass is 286 g/mol. The second-order valence-corrected chi connectivity index (χ2v) is 6.02. The van der Waals surface area contributed by atoms with E-state index in [2.05, 4.69) is 31.0 Å². The van der Waals surface area contributed by atoms with Gasteiger partial charge in [0.25, 0.3) is 0 Å². The average Bonchev–Trinajstić information content (AvgIpc) is 2.92. The van der Waals surface area contributed by atoms with Gasteiger partial charge in [0.1, 0.15) is 0 Å². The van der Waals surface area contributed by atoms with Crippen LogP contribution in [0.2, 0.25) is 0 Å². The van der Waals surface area contributed by atoms with Gasteiger partial charge in [0.2, 0.25) is 0 Å². The molecule has 0 aromatic heterocycles. The number of nitrogens with one attached hydrogen (secondary N) is 1. The number of hydrogen-bond donors (Lipinski definition) is 1. The van der Waals surface area contributed by atoms with Gasteiger partial charge in [-0.3, -0.25) is 4.90 Å². The molecule has 0 bridgehead atoms. The van der Waals surface area contributed by atoms with Crippen molar-refractivity contribution >= 4 is 0 Å². The van der Waals surface area contributed by atoms with Crippen molar-refractivity contribution in [3.63, 3.8) is 0 Å². The van der Waals surface area contributed by atoms with Crippen LogP contribution in [-0.4, -0.2) is 64.1 Å². The van der Waals surface area contributed by atoms with E-state index >= 15 is 0 Å². The molecule has 1 unspecified atom stereocenters. The van der Waals surface area contributed by atoms with E-state index in [9.17, 15) is 0 Å². The number of ether oxygens (including phenoxy) is 2. The number of methoxy groups -OCH3 is 1. The lowest BCUT2D eigenvalue weighted by atomic mass is 9.85. The SMILES string of the molecule is CCNCC1(CN(CCOC)C(CC)CC)CCOC1. The minimum Gasteiger partial charge on any atom is -0.383 e. The normalized spacial score (nSPS) is 23.1. The van der Waals surface area contributed by atoms with Crippen LogP contribution in [0.3, 0.4) is 0 Å². The molecule has 1 fully saturated rings. The van der Waals surface area contributed by atoms with Gasteiger partial charge in [0, 0.05) is 44.8 Å². The Morgan fingerprint density at radius 3 is 2.55 bits per heavy atom. The number of hydrogen-bond acceptors (Lipinski definition) is 4. The highest BCUT2D eigenvalue weighted by Gasteiger charge is 2.37. The maximum atomic E-state index is 5.71. The Morgan fingerprint density at radius 1 is 1.30 bits per heavy atom. The van der Waals surface area contributed by atoms with E-state index < -0.39 is 0 Å². The highest BCUT2D eigenvalue weighted by atomic mass is 16.5. The molecule has 1 rings (SSSR count). The van der Waals surface area contributed by atoms with E-state index in [-0.39, 0.29) is 5.41 Å². The lowest BCUT2D eigenvalue weighted by Crippen LogP contribution is -2.49. The Morgan fingerprint density at radius 2 is 2.05 bits per heavy atom. The summed E-state index contributed by atoms with van der Waals surface area (Å²) < 4.78 is 11.0. The van der Waals surface area contributed by atoms with Crippen LogP contribution >= 0.6 is 0 Å². The largest absolute Gasteiger partial charge is 0.383 e. The first kappa shape index (κ1) is 17.9. The van der Waals surface area contributed by atoms with Crippen LogP contribution in [0.1, 0.15) is 40.0 Å². The van der Waals surface area contributed by atoms with E-state index in [0.717, 1.165) is 46.0 Å². The zero-order valence-corrected chi connectivity index (χ0v) is 13.9. The second-order valence-electron chi connectivity index (χ2n) is 6.02. The molecule has 1 saturated heterocycles. The molecule has 0 aliphatic carbocycles. The van der Waals surface area contributed by atoms with Gasteiger partial charge >= 0.3 is 0 Å². The Balaban J connectivity index is 2.67. The molecular weight excluding hydrogens is 252 g/mol. The molecule has 120 valence electrons. The summed E-state index contributed by atoms with van der Waals surface area (Å²) in [5, 5.41) is 3.53. The van der Waals surface area contributed by atoms with Crippen molar-refractivity contribution in [2.45, 2.75) is 46.1 Å². The summed E-state index contributed by atoms with van der Waals surface area (Å²) in [6.07, 6.45) is 3.58. The predicted octanol–water partition coefficient (Wildman–Crippen LogP) is 2.14. The molecular formula is C16H34N2O2. The van der Waals surface area contributed by atoms with Gasteiger partial charge in [-0.15, -0.1) is 0 Å². The van der Waals surface area contributed by atoms with E-state index in [4.69, 9.17) is 9.47 Å². The van der Waals surface area contributed by atoms with E-state index in [1.54, 1.807) is 7.11 Å². The fourth-order valence-corrected chi connectivity index (χ4v) is 3.19. The Hall–Kier alpha value is -0.160. The summed E-state index contributed by atoms with van der Waals surface area (Å²) in [6, 6.07) is 0.657. The van der Waals surface area contributed by atoms with Crippen LogP contribution in [0.4, 0.5) is 0 Å². The molecule has 0 radical (unpaired) electrons. The average molecular weight is 286 g/mol. The molecule has 1 aliphatic rings. The van der Waals surface area contributed by atoms with Crippen LogP contribution in [0, 0.1) is 5.41 Å². The topological polar surface area (TPSA) is 33.7 Å². The molecule has 0 aromatic rings. The molecule has 1 heterocycles. The Labute approximate surface area is 125 Å². The lowest BCUT2D eigenvalue weighted by Gasteiger charge is -2.38. The summed E-state index contributed by atoms with van der Waals surface area (Å²) >= 11 is 0. The summed E-state index contributed by atoms with van der Waals surface area (Å²) in [5.41, 5.74) is 0.284. The molecule has 0 amide bonds. The third-order valence-electron chi connectivity index (χ3n) is 4.51. The Kier molecular flexibility index (Phi) is 8.69. The van der Waals surface area contributed by atoms with Crippen molar-refractivity contribution in [2.75, 3.05) is 53.1 Å². The van der Waals surface area contributed by atoms with Crippen LogP contribution < -0.4 is 5.32 Å². The molecule has 0 saturated carbocycles. The Bertz CT molecular complexity index is 239. The van der Waals surface area contributed by atoms with Gasteiger partial charge in [0.05, 0.1) is 13.2 Å². The van der Waals surface area contributed by atoms with Crippen LogP contribution in [0.15, 0.2) is 0 Å². The molecule has 0 aromatic carbocycles. The predicted molar refractivity (Wildman–Crippen MR) is 84.2 cm³/mol. The summed E-state index contributed by atoms with van der Waals surface area (Å²) in [6.45, 7) is 13.6. The quantitative estimate of drug-likeness (QED) is 0.631.